The van der Waals surface area contributed by atoms with Crippen molar-refractivity contribution in [1.82, 2.24) is 10.6 Å². The van der Waals surface area contributed by atoms with Crippen LogP contribution in [0.1, 0.15) is 40.0 Å². The van der Waals surface area contributed by atoms with Crippen molar-refractivity contribution in [2.24, 2.45) is 16.3 Å². The monoisotopic (exact) mass is 209 g/mol. The normalized spacial score (nSPS) is 26.1. The van der Waals surface area contributed by atoms with Crippen LogP contribution in [0.25, 0.3) is 0 Å². The summed E-state index contributed by atoms with van der Waals surface area (Å²) in [5.41, 5.74) is 0.512. The van der Waals surface area contributed by atoms with Gasteiger partial charge in [0.1, 0.15) is 0 Å². The predicted molar refractivity (Wildman–Crippen MR) is 64.0 cm³/mol. The van der Waals surface area contributed by atoms with Crippen LogP contribution >= 0.6 is 0 Å². The Morgan fingerprint density at radius 2 is 2.20 bits per heavy atom. The van der Waals surface area contributed by atoms with Crippen LogP contribution in [0.2, 0.25) is 0 Å². The lowest BCUT2D eigenvalue weighted by Gasteiger charge is -2.24. The fourth-order valence-corrected chi connectivity index (χ4v) is 2.23. The molecular weight excluding hydrogens is 186 g/mol. The summed E-state index contributed by atoms with van der Waals surface area (Å²) in [5.74, 6) is 1.96. The van der Waals surface area contributed by atoms with Crippen molar-refractivity contribution in [1.29, 1.82) is 0 Å². The first kappa shape index (κ1) is 10.8. The lowest BCUT2D eigenvalue weighted by Crippen LogP contribution is -2.39. The quantitative estimate of drug-likeness (QED) is 0.740. The van der Waals surface area contributed by atoms with Crippen molar-refractivity contribution in [3.63, 3.8) is 0 Å². The minimum absolute atomic E-state index is 0.504. The van der Waals surface area contributed by atoms with E-state index in [2.05, 4.69) is 36.4 Å². The molecule has 0 bridgehead atoms. The molecule has 3 heteroatoms. The van der Waals surface area contributed by atoms with Gasteiger partial charge in [-0.05, 0) is 37.5 Å². The molecule has 1 heterocycles. The molecular formula is C12H23N3. The fraction of sp³-hybridized carbons (Fsp3) is 0.917. The summed E-state index contributed by atoms with van der Waals surface area (Å²) in [6.07, 6.45) is 4.11. The van der Waals surface area contributed by atoms with Crippen molar-refractivity contribution in [3.05, 3.63) is 0 Å². The van der Waals surface area contributed by atoms with E-state index in [0.29, 0.717) is 11.5 Å². The highest BCUT2D eigenvalue weighted by molar-refractivity contribution is 5.81. The van der Waals surface area contributed by atoms with E-state index < -0.39 is 0 Å². The van der Waals surface area contributed by atoms with E-state index in [9.17, 15) is 0 Å². The average Bonchev–Trinajstić information content (AvgIpc) is 2.92. The summed E-state index contributed by atoms with van der Waals surface area (Å²) in [5, 5.41) is 6.71. The molecule has 0 aromatic carbocycles. The molecule has 2 N–H and O–H groups in total. The Balaban J connectivity index is 1.66. The molecule has 86 valence electrons. The van der Waals surface area contributed by atoms with Crippen molar-refractivity contribution < 1.29 is 0 Å². The van der Waals surface area contributed by atoms with Gasteiger partial charge in [0.25, 0.3) is 0 Å². The van der Waals surface area contributed by atoms with Crippen LogP contribution < -0.4 is 10.6 Å². The molecule has 0 amide bonds. The predicted octanol–water partition coefficient (Wildman–Crippen LogP) is 1.75. The van der Waals surface area contributed by atoms with Crippen LogP contribution in [0, 0.1) is 11.3 Å². The van der Waals surface area contributed by atoms with Gasteiger partial charge in [0.05, 0.1) is 6.54 Å². The number of aliphatic imine (C=N–C) groups is 1. The molecule has 0 radical (unpaired) electrons. The van der Waals surface area contributed by atoms with Gasteiger partial charge in [-0.1, -0.05) is 13.8 Å². The molecule has 1 aliphatic carbocycles. The Hall–Kier alpha value is -0.730. The summed E-state index contributed by atoms with van der Waals surface area (Å²) in [7, 11) is 0. The van der Waals surface area contributed by atoms with Crippen LogP contribution in [0.15, 0.2) is 4.99 Å². The lowest BCUT2D eigenvalue weighted by atomic mass is 9.84. The van der Waals surface area contributed by atoms with Crippen molar-refractivity contribution in [2.45, 2.75) is 46.1 Å². The third-order valence-electron chi connectivity index (χ3n) is 3.65. The Bertz CT molecular complexity index is 254. The molecule has 1 atom stereocenters. The number of guanidine groups is 1. The number of nitrogens with zero attached hydrogens (tertiary/aromatic N) is 1. The third-order valence-corrected chi connectivity index (χ3v) is 3.65. The van der Waals surface area contributed by atoms with Gasteiger partial charge in [-0.25, -0.2) is 0 Å². The van der Waals surface area contributed by atoms with Gasteiger partial charge in [0.2, 0.25) is 0 Å². The molecule has 1 aliphatic heterocycles. The summed E-state index contributed by atoms with van der Waals surface area (Å²) in [4.78, 5) is 4.39. The van der Waals surface area contributed by atoms with Crippen molar-refractivity contribution >= 4 is 5.96 Å². The summed E-state index contributed by atoms with van der Waals surface area (Å²) < 4.78 is 0. The minimum atomic E-state index is 0.504. The van der Waals surface area contributed by atoms with Gasteiger partial charge < -0.3 is 10.6 Å². The number of rotatable bonds is 4. The summed E-state index contributed by atoms with van der Waals surface area (Å²) in [6, 6.07) is 0.504. The lowest BCUT2D eigenvalue weighted by molar-refractivity contribution is 0.284. The topological polar surface area (TPSA) is 36.4 Å². The zero-order valence-electron chi connectivity index (χ0n) is 10.1. The third kappa shape index (κ3) is 2.86. The van der Waals surface area contributed by atoms with Crippen LogP contribution in [0.5, 0.6) is 0 Å². The molecule has 3 nitrogen and oxygen atoms in total. The zero-order valence-corrected chi connectivity index (χ0v) is 10.1. The molecule has 1 fully saturated rings. The zero-order chi connectivity index (χ0) is 10.9. The van der Waals surface area contributed by atoms with Gasteiger partial charge in [-0.2, -0.15) is 0 Å². The van der Waals surface area contributed by atoms with E-state index >= 15 is 0 Å². The van der Waals surface area contributed by atoms with Gasteiger partial charge in [-0.15, -0.1) is 0 Å². The molecule has 1 unspecified atom stereocenters. The van der Waals surface area contributed by atoms with Gasteiger partial charge >= 0.3 is 0 Å². The van der Waals surface area contributed by atoms with E-state index in [0.717, 1.165) is 25.0 Å². The minimum Gasteiger partial charge on any atom is -0.356 e. The van der Waals surface area contributed by atoms with Crippen LogP contribution in [0.4, 0.5) is 0 Å². The van der Waals surface area contributed by atoms with Crippen molar-refractivity contribution in [3.8, 4) is 0 Å². The molecule has 0 saturated heterocycles. The van der Waals surface area contributed by atoms with Crippen LogP contribution in [-0.4, -0.2) is 25.1 Å². The molecule has 0 spiro atoms. The molecule has 15 heavy (non-hydrogen) atoms. The highest BCUT2D eigenvalue weighted by Crippen LogP contribution is 2.46. The largest absolute Gasteiger partial charge is 0.356 e. The standard InChI is InChI=1S/C12H23N3/c1-9-8-14-11(15-9)13-7-6-12(2,3)10-4-5-10/h9-10H,4-8H2,1-3H3,(H2,13,14,15). The first-order valence-electron chi connectivity index (χ1n) is 6.13. The molecule has 2 aliphatic rings. The molecule has 0 aromatic heterocycles. The first-order chi connectivity index (χ1) is 7.08. The summed E-state index contributed by atoms with van der Waals surface area (Å²) in [6.45, 7) is 8.89. The van der Waals surface area contributed by atoms with Crippen molar-refractivity contribution in [2.75, 3.05) is 13.1 Å². The Morgan fingerprint density at radius 1 is 1.47 bits per heavy atom. The first-order valence-corrected chi connectivity index (χ1v) is 6.13. The van der Waals surface area contributed by atoms with Gasteiger partial charge in [-0.3, -0.25) is 4.99 Å². The number of nitrogens with one attached hydrogen (secondary N) is 2. The second kappa shape index (κ2) is 4.03. The van der Waals surface area contributed by atoms with Crippen LogP contribution in [-0.2, 0) is 0 Å². The fourth-order valence-electron chi connectivity index (χ4n) is 2.23. The molecule has 1 saturated carbocycles. The van der Waals surface area contributed by atoms with E-state index in [1.54, 1.807) is 0 Å². The van der Waals surface area contributed by atoms with E-state index in [1.807, 2.05) is 0 Å². The number of hydrogen-bond acceptors (Lipinski definition) is 3. The Kier molecular flexibility index (Phi) is 2.89. The number of hydrogen-bond donors (Lipinski definition) is 2. The second-order valence-corrected chi connectivity index (χ2v) is 5.67. The molecule has 2 rings (SSSR count). The average molecular weight is 209 g/mol. The van der Waals surface area contributed by atoms with E-state index in [4.69, 9.17) is 0 Å². The smallest absolute Gasteiger partial charge is 0.191 e. The van der Waals surface area contributed by atoms with E-state index in [1.165, 1.54) is 19.3 Å². The van der Waals surface area contributed by atoms with Gasteiger partial charge in [0, 0.05) is 12.6 Å². The maximum Gasteiger partial charge on any atom is 0.191 e. The van der Waals surface area contributed by atoms with E-state index in [-0.39, 0.29) is 0 Å². The highest BCUT2D eigenvalue weighted by Gasteiger charge is 2.37. The Labute approximate surface area is 92.7 Å². The van der Waals surface area contributed by atoms with Crippen LogP contribution in [0.3, 0.4) is 0 Å². The maximum absolute atomic E-state index is 4.39. The second-order valence-electron chi connectivity index (χ2n) is 5.67. The Morgan fingerprint density at radius 3 is 2.73 bits per heavy atom. The maximum atomic E-state index is 4.39. The SMILES string of the molecule is CC1CN=C(NCCC(C)(C)C2CC2)N1. The molecule has 0 aromatic rings. The summed E-state index contributed by atoms with van der Waals surface area (Å²) >= 11 is 0. The van der Waals surface area contributed by atoms with Gasteiger partial charge in [0.15, 0.2) is 5.96 Å². The highest BCUT2D eigenvalue weighted by atomic mass is 15.2.